The van der Waals surface area contributed by atoms with Crippen molar-refractivity contribution in [2.45, 2.75) is 31.1 Å². The minimum atomic E-state index is -0.701. The highest BCUT2D eigenvalue weighted by atomic mass is 32.2. The van der Waals surface area contributed by atoms with Crippen LogP contribution in [0, 0.1) is 18.6 Å². The number of nitrogens with zero attached hydrogens (tertiary/aromatic N) is 3. The summed E-state index contributed by atoms with van der Waals surface area (Å²) in [5.74, 6) is -1.51. The van der Waals surface area contributed by atoms with Crippen molar-refractivity contribution in [3.63, 3.8) is 0 Å². The van der Waals surface area contributed by atoms with Crippen LogP contribution in [-0.4, -0.2) is 39.9 Å². The fraction of sp³-hybridized carbons (Fsp3) is 0.233. The fourth-order valence-electron chi connectivity index (χ4n) is 4.80. The van der Waals surface area contributed by atoms with Crippen molar-refractivity contribution < 1.29 is 18.4 Å². The van der Waals surface area contributed by atoms with Gasteiger partial charge in [0.05, 0.1) is 22.4 Å². The third-order valence-corrected chi connectivity index (χ3v) is 8.14. The van der Waals surface area contributed by atoms with Gasteiger partial charge in [-0.15, -0.1) is 11.8 Å². The lowest BCUT2D eigenvalue weighted by Crippen LogP contribution is -2.43. The molecule has 6 rings (SSSR count). The van der Waals surface area contributed by atoms with Gasteiger partial charge in [-0.3, -0.25) is 14.5 Å². The number of hydrogen-bond acceptors (Lipinski definition) is 4. The van der Waals surface area contributed by atoms with Crippen LogP contribution >= 0.6 is 11.8 Å². The Bertz CT molecular complexity index is 1550. The average Bonchev–Trinajstić information content (AvgIpc) is 3.68. The number of aryl methyl sites for hydroxylation is 1. The van der Waals surface area contributed by atoms with Crippen LogP contribution in [0.3, 0.4) is 0 Å². The molecule has 4 aromatic rings. The van der Waals surface area contributed by atoms with Gasteiger partial charge in [0.1, 0.15) is 24.0 Å². The Balaban J connectivity index is 1.61. The number of thioether (sulfide) groups is 1. The summed E-state index contributed by atoms with van der Waals surface area (Å²) in [7, 11) is 0. The summed E-state index contributed by atoms with van der Waals surface area (Å²) in [4.78, 5) is 28.1. The van der Waals surface area contributed by atoms with Crippen molar-refractivity contribution in [1.82, 2.24) is 15.1 Å². The first kappa shape index (κ1) is 25.3. The summed E-state index contributed by atoms with van der Waals surface area (Å²) in [6.07, 6.45) is 1.85. The fourth-order valence-corrected chi connectivity index (χ4v) is 6.02. The number of fused-ring (bicyclic) bond motifs is 1. The van der Waals surface area contributed by atoms with E-state index in [0.717, 1.165) is 30.0 Å². The highest BCUT2D eigenvalue weighted by molar-refractivity contribution is 8.00. The lowest BCUT2D eigenvalue weighted by Gasteiger charge is -2.23. The quantitative estimate of drug-likeness (QED) is 0.345. The van der Waals surface area contributed by atoms with Crippen LogP contribution < -0.4 is 10.2 Å². The van der Waals surface area contributed by atoms with Crippen LogP contribution in [0.15, 0.2) is 72.8 Å². The smallest absolute Gasteiger partial charge is 0.240 e. The predicted octanol–water partition coefficient (Wildman–Crippen LogP) is 5.57. The summed E-state index contributed by atoms with van der Waals surface area (Å²) in [5.41, 5.74) is 3.95. The number of carbonyl (C=O) groups is 2. The van der Waals surface area contributed by atoms with E-state index in [2.05, 4.69) is 5.32 Å². The molecule has 1 aliphatic heterocycles. The first-order valence-electron chi connectivity index (χ1n) is 12.8. The molecule has 1 saturated carbocycles. The Morgan fingerprint density at radius 2 is 1.79 bits per heavy atom. The molecule has 2 amide bonds. The highest BCUT2D eigenvalue weighted by Gasteiger charge is 2.39. The van der Waals surface area contributed by atoms with Crippen molar-refractivity contribution in [2.75, 3.05) is 17.2 Å². The largest absolute Gasteiger partial charge is 0.352 e. The van der Waals surface area contributed by atoms with Gasteiger partial charge in [-0.05, 0) is 38.0 Å². The van der Waals surface area contributed by atoms with E-state index in [1.54, 1.807) is 4.68 Å². The number of anilines is 1. The highest BCUT2D eigenvalue weighted by Crippen LogP contribution is 2.49. The first-order chi connectivity index (χ1) is 18.9. The molecule has 1 aromatic heterocycles. The van der Waals surface area contributed by atoms with Crippen LogP contribution in [0.4, 0.5) is 14.6 Å². The molecule has 2 aliphatic rings. The van der Waals surface area contributed by atoms with Gasteiger partial charge in [-0.1, -0.05) is 54.1 Å². The number of rotatable bonds is 6. The van der Waals surface area contributed by atoms with Gasteiger partial charge in [-0.2, -0.15) is 5.10 Å². The molecule has 0 radical (unpaired) electrons. The number of amides is 2. The summed E-state index contributed by atoms with van der Waals surface area (Å²) in [6, 6.07) is 20.8. The molecular weight excluding hydrogens is 518 g/mol. The van der Waals surface area contributed by atoms with Gasteiger partial charge in [0, 0.05) is 28.8 Å². The molecular formula is C30H26F2N4O2S. The molecule has 0 saturated heterocycles. The maximum atomic E-state index is 15.3. The summed E-state index contributed by atoms with van der Waals surface area (Å²) < 4.78 is 30.8. The number of carbonyl (C=O) groups excluding carboxylic acids is 2. The van der Waals surface area contributed by atoms with Crippen LogP contribution in [0.5, 0.6) is 0 Å². The average molecular weight is 545 g/mol. The van der Waals surface area contributed by atoms with Crippen LogP contribution in [-0.2, 0) is 9.59 Å². The van der Waals surface area contributed by atoms with E-state index in [1.165, 1.54) is 28.8 Å². The van der Waals surface area contributed by atoms with Crippen molar-refractivity contribution in [1.29, 1.82) is 0 Å². The Morgan fingerprint density at radius 1 is 1.05 bits per heavy atom. The maximum absolute atomic E-state index is 15.3. The van der Waals surface area contributed by atoms with E-state index in [4.69, 9.17) is 5.10 Å². The second kappa shape index (κ2) is 10.3. The van der Waals surface area contributed by atoms with E-state index in [1.807, 2.05) is 61.5 Å². The van der Waals surface area contributed by atoms with E-state index in [-0.39, 0.29) is 35.7 Å². The molecule has 0 spiro atoms. The van der Waals surface area contributed by atoms with Crippen LogP contribution in [0.1, 0.15) is 34.8 Å². The number of nitrogens with one attached hydrogen (secondary N) is 1. The molecule has 0 unspecified atom stereocenters. The monoisotopic (exact) mass is 544 g/mol. The third kappa shape index (κ3) is 5.06. The molecule has 1 N–H and O–H groups in total. The summed E-state index contributed by atoms with van der Waals surface area (Å²) in [6.45, 7) is 1.79. The normalized spacial score (nSPS) is 17.1. The van der Waals surface area contributed by atoms with Gasteiger partial charge in [-0.25, -0.2) is 13.5 Å². The Hall–Kier alpha value is -3.98. The zero-order valence-electron chi connectivity index (χ0n) is 21.2. The van der Waals surface area contributed by atoms with E-state index in [0.29, 0.717) is 22.8 Å². The maximum Gasteiger partial charge on any atom is 0.240 e. The second-order valence-corrected chi connectivity index (χ2v) is 11.0. The molecule has 3 aromatic carbocycles. The molecule has 9 heteroatoms. The van der Waals surface area contributed by atoms with E-state index < -0.39 is 16.9 Å². The molecule has 6 nitrogen and oxygen atoms in total. The van der Waals surface area contributed by atoms with Gasteiger partial charge in [0.15, 0.2) is 0 Å². The van der Waals surface area contributed by atoms with Gasteiger partial charge in [0.25, 0.3) is 0 Å². The lowest BCUT2D eigenvalue weighted by molar-refractivity contribution is -0.123. The zero-order chi connectivity index (χ0) is 27.1. The molecule has 1 aliphatic carbocycles. The Labute approximate surface area is 229 Å². The topological polar surface area (TPSA) is 67.2 Å². The Kier molecular flexibility index (Phi) is 6.68. The molecule has 1 atom stereocenters. The third-order valence-electron chi connectivity index (χ3n) is 6.90. The zero-order valence-corrected chi connectivity index (χ0v) is 22.1. The molecule has 39 heavy (non-hydrogen) atoms. The van der Waals surface area contributed by atoms with Crippen LogP contribution in [0.2, 0.25) is 0 Å². The molecule has 1 fully saturated rings. The van der Waals surface area contributed by atoms with Crippen molar-refractivity contribution >= 4 is 29.4 Å². The number of benzene rings is 3. The van der Waals surface area contributed by atoms with Crippen molar-refractivity contribution in [3.05, 3.63) is 101 Å². The number of hydrogen-bond donors (Lipinski definition) is 1. The van der Waals surface area contributed by atoms with E-state index in [9.17, 15) is 14.0 Å². The lowest BCUT2D eigenvalue weighted by atomic mass is 9.99. The standard InChI is InChI=1S/C30H26F2N4O2S/c1-18-7-12-22(13-8-18)36-30-27(28(34-36)19-5-3-2-4-6-19)29(23-14-9-20(31)15-24(23)32)39-17-26(38)35(30)16-25(37)33-21-10-11-21/h2-9,12-15,21,29H,10-11,16-17H2,1H3,(H,33,37)/t29-/m0/s1. The molecule has 0 bridgehead atoms. The minimum absolute atomic E-state index is 0.00893. The summed E-state index contributed by atoms with van der Waals surface area (Å²) in [5, 5.41) is 7.27. The molecule has 2 heterocycles. The predicted molar refractivity (Wildman–Crippen MR) is 148 cm³/mol. The number of halogens is 2. The Morgan fingerprint density at radius 3 is 2.49 bits per heavy atom. The SMILES string of the molecule is Cc1ccc(-n2nc(-c3ccccc3)c3c2N(CC(=O)NC2CC2)C(=O)CS[C@H]3c2ccc(F)cc2F)cc1. The molecule has 198 valence electrons. The van der Waals surface area contributed by atoms with E-state index >= 15 is 4.39 Å². The first-order valence-corrected chi connectivity index (χ1v) is 13.9. The number of aromatic nitrogens is 2. The van der Waals surface area contributed by atoms with Crippen molar-refractivity contribution in [2.24, 2.45) is 0 Å². The summed E-state index contributed by atoms with van der Waals surface area (Å²) >= 11 is 1.25. The second-order valence-electron chi connectivity index (χ2n) is 9.88. The van der Waals surface area contributed by atoms with Crippen LogP contribution in [0.25, 0.3) is 16.9 Å². The minimum Gasteiger partial charge on any atom is -0.352 e. The van der Waals surface area contributed by atoms with Gasteiger partial charge >= 0.3 is 0 Å². The van der Waals surface area contributed by atoms with Gasteiger partial charge in [0.2, 0.25) is 11.8 Å². The van der Waals surface area contributed by atoms with Crippen molar-refractivity contribution in [3.8, 4) is 16.9 Å². The van der Waals surface area contributed by atoms with Gasteiger partial charge < -0.3 is 5.32 Å².